The summed E-state index contributed by atoms with van der Waals surface area (Å²) in [7, 11) is 0. The molecule has 3 heteroatoms. The van der Waals surface area contributed by atoms with E-state index in [1.165, 1.54) is 17.6 Å². The highest BCUT2D eigenvalue weighted by Crippen LogP contribution is 2.70. The van der Waals surface area contributed by atoms with Gasteiger partial charge in [-0.25, -0.2) is 0 Å². The van der Waals surface area contributed by atoms with Crippen LogP contribution < -0.4 is 0 Å². The van der Waals surface area contributed by atoms with Crippen molar-refractivity contribution in [3.8, 4) is 0 Å². The molecule has 0 saturated heterocycles. The second-order valence-corrected chi connectivity index (χ2v) is 13.5. The van der Waals surface area contributed by atoms with Gasteiger partial charge < -0.3 is 10.2 Å². The van der Waals surface area contributed by atoms with Crippen LogP contribution in [0.15, 0.2) is 23.3 Å². The molecule has 0 unspecified atom stereocenters. The summed E-state index contributed by atoms with van der Waals surface area (Å²) in [5.41, 5.74) is 2.60. The zero-order valence-corrected chi connectivity index (χ0v) is 21.1. The van der Waals surface area contributed by atoms with Gasteiger partial charge in [-0.15, -0.1) is 0 Å². The van der Waals surface area contributed by atoms with Crippen LogP contribution in [0.1, 0.15) is 92.9 Å². The Morgan fingerprint density at radius 3 is 2.38 bits per heavy atom. The number of rotatable bonds is 1. The standard InChI is InChI=1S/C29H44O3/c1-17-9-15-29(25(31)32)16-10-20-19(24(29)18(17)2)7-8-22-27(20,5)13-11-21-26(3,4)23(30)12-14-28(21,22)6/h7,10,17-18,21-24,30H,8-9,11-16H2,1-6H3,(H,31,32)/t17-,18+,21+,22+,23+,24+,27+,28+,29+/m1/s1. The number of hydrogen-bond donors (Lipinski definition) is 2. The molecule has 0 amide bonds. The molecule has 0 aromatic heterocycles. The van der Waals surface area contributed by atoms with Gasteiger partial charge in [0.2, 0.25) is 0 Å². The van der Waals surface area contributed by atoms with E-state index in [1.807, 2.05) is 0 Å². The molecule has 178 valence electrons. The number of carboxylic acids is 1. The van der Waals surface area contributed by atoms with Gasteiger partial charge in [-0.05, 0) is 102 Å². The number of fused-ring (bicyclic) bond motifs is 7. The molecule has 5 aliphatic rings. The van der Waals surface area contributed by atoms with E-state index < -0.39 is 11.4 Å². The molecule has 0 aromatic rings. The quantitative estimate of drug-likeness (QED) is 0.482. The lowest BCUT2D eigenvalue weighted by atomic mass is 9.38. The van der Waals surface area contributed by atoms with E-state index in [9.17, 15) is 15.0 Å². The molecule has 5 rings (SSSR count). The third-order valence-electron chi connectivity index (χ3n) is 12.0. The summed E-state index contributed by atoms with van der Waals surface area (Å²) < 4.78 is 0. The Morgan fingerprint density at radius 2 is 1.69 bits per heavy atom. The number of allylic oxidation sites excluding steroid dienone is 4. The Labute approximate surface area is 194 Å². The summed E-state index contributed by atoms with van der Waals surface area (Å²) in [6.45, 7) is 14.2. The maximum Gasteiger partial charge on any atom is 0.310 e. The van der Waals surface area contributed by atoms with E-state index in [1.54, 1.807) is 0 Å². The lowest BCUT2D eigenvalue weighted by molar-refractivity contribution is -0.166. The minimum absolute atomic E-state index is 0.0367. The maximum absolute atomic E-state index is 12.7. The second-order valence-electron chi connectivity index (χ2n) is 13.5. The smallest absolute Gasteiger partial charge is 0.310 e. The Kier molecular flexibility index (Phi) is 4.94. The largest absolute Gasteiger partial charge is 0.481 e. The monoisotopic (exact) mass is 440 g/mol. The van der Waals surface area contributed by atoms with E-state index >= 15 is 0 Å². The van der Waals surface area contributed by atoms with Crippen molar-refractivity contribution >= 4 is 5.97 Å². The van der Waals surface area contributed by atoms with Gasteiger partial charge in [-0.2, -0.15) is 0 Å². The summed E-state index contributed by atoms with van der Waals surface area (Å²) in [5, 5.41) is 21.2. The highest BCUT2D eigenvalue weighted by molar-refractivity contribution is 5.78. The molecule has 3 saturated carbocycles. The van der Waals surface area contributed by atoms with Crippen LogP contribution in [0.2, 0.25) is 0 Å². The minimum atomic E-state index is -0.609. The Bertz CT molecular complexity index is 883. The highest BCUT2D eigenvalue weighted by atomic mass is 16.4. The van der Waals surface area contributed by atoms with Crippen molar-refractivity contribution < 1.29 is 15.0 Å². The molecular weight excluding hydrogens is 396 g/mol. The molecule has 0 radical (unpaired) electrons. The average molecular weight is 441 g/mol. The summed E-state index contributed by atoms with van der Waals surface area (Å²) in [6, 6.07) is 0. The first-order valence-corrected chi connectivity index (χ1v) is 13.2. The molecule has 0 spiro atoms. The molecule has 0 aromatic carbocycles. The molecular formula is C29H44O3. The fourth-order valence-electron chi connectivity index (χ4n) is 9.88. The van der Waals surface area contributed by atoms with Crippen LogP contribution in [0.3, 0.4) is 0 Å². The van der Waals surface area contributed by atoms with E-state index in [-0.39, 0.29) is 28.3 Å². The predicted octanol–water partition coefficient (Wildman–Crippen LogP) is 6.62. The predicted molar refractivity (Wildman–Crippen MR) is 128 cm³/mol. The Balaban J connectivity index is 1.59. The number of carboxylic acid groups (broad SMARTS) is 1. The van der Waals surface area contributed by atoms with E-state index in [2.05, 4.69) is 53.7 Å². The molecule has 0 bridgehead atoms. The van der Waals surface area contributed by atoms with Crippen LogP contribution in [0, 0.1) is 51.2 Å². The number of aliphatic hydroxyl groups is 1. The Hall–Kier alpha value is -1.09. The van der Waals surface area contributed by atoms with Crippen LogP contribution in [-0.2, 0) is 4.79 Å². The third-order valence-corrected chi connectivity index (χ3v) is 12.0. The number of hydrogen-bond acceptors (Lipinski definition) is 2. The fourth-order valence-corrected chi connectivity index (χ4v) is 9.88. The van der Waals surface area contributed by atoms with Gasteiger partial charge in [0.05, 0.1) is 11.5 Å². The normalized spacial score (nSPS) is 51.8. The lowest BCUT2D eigenvalue weighted by Crippen LogP contribution is -2.60. The van der Waals surface area contributed by atoms with Crippen LogP contribution >= 0.6 is 0 Å². The van der Waals surface area contributed by atoms with Gasteiger partial charge in [-0.3, -0.25) is 4.79 Å². The first kappa shape index (κ1) is 22.7. The van der Waals surface area contributed by atoms with Crippen molar-refractivity contribution in [1.82, 2.24) is 0 Å². The van der Waals surface area contributed by atoms with Gasteiger partial charge in [0.25, 0.3) is 0 Å². The summed E-state index contributed by atoms with van der Waals surface area (Å²) in [4.78, 5) is 12.7. The summed E-state index contributed by atoms with van der Waals surface area (Å²) in [5.74, 6) is 1.67. The molecule has 3 nitrogen and oxygen atoms in total. The SMILES string of the molecule is C[C@H]1[C@H](C)CC[C@]2(C(=O)O)CC=C3C(=CC[C@@H]4[C@@]5(C)CC[C@H](O)C(C)(C)[C@@H]5CC[C@@]34C)[C@H]12. The number of aliphatic hydroxyl groups excluding tert-OH is 1. The highest BCUT2D eigenvalue weighted by Gasteiger charge is 2.64. The fraction of sp³-hybridized carbons (Fsp3) is 0.828. The van der Waals surface area contributed by atoms with Crippen molar-refractivity contribution in [2.45, 2.75) is 99.0 Å². The maximum atomic E-state index is 12.7. The lowest BCUT2D eigenvalue weighted by Gasteiger charge is -2.66. The van der Waals surface area contributed by atoms with Gasteiger partial charge >= 0.3 is 5.97 Å². The van der Waals surface area contributed by atoms with Crippen molar-refractivity contribution in [1.29, 1.82) is 0 Å². The molecule has 3 fully saturated rings. The molecule has 9 atom stereocenters. The molecule has 32 heavy (non-hydrogen) atoms. The van der Waals surface area contributed by atoms with Crippen molar-refractivity contribution in [3.63, 3.8) is 0 Å². The number of aliphatic carboxylic acids is 1. The number of carbonyl (C=O) groups is 1. The van der Waals surface area contributed by atoms with Crippen LogP contribution in [0.4, 0.5) is 0 Å². The molecule has 0 heterocycles. The van der Waals surface area contributed by atoms with Crippen LogP contribution in [-0.4, -0.2) is 22.3 Å². The third kappa shape index (κ3) is 2.67. The van der Waals surface area contributed by atoms with Crippen LogP contribution in [0.25, 0.3) is 0 Å². The first-order valence-electron chi connectivity index (χ1n) is 13.2. The summed E-state index contributed by atoms with van der Waals surface area (Å²) >= 11 is 0. The van der Waals surface area contributed by atoms with Crippen molar-refractivity contribution in [2.75, 3.05) is 0 Å². The zero-order chi connectivity index (χ0) is 23.3. The van der Waals surface area contributed by atoms with Crippen LogP contribution in [0.5, 0.6) is 0 Å². The van der Waals surface area contributed by atoms with Crippen molar-refractivity contribution in [3.05, 3.63) is 23.3 Å². The molecule has 2 N–H and O–H groups in total. The topological polar surface area (TPSA) is 57.5 Å². The van der Waals surface area contributed by atoms with Gasteiger partial charge in [-0.1, -0.05) is 53.7 Å². The zero-order valence-electron chi connectivity index (χ0n) is 21.1. The van der Waals surface area contributed by atoms with E-state index in [0.29, 0.717) is 30.1 Å². The Morgan fingerprint density at radius 1 is 0.969 bits per heavy atom. The van der Waals surface area contributed by atoms with Gasteiger partial charge in [0.15, 0.2) is 0 Å². The van der Waals surface area contributed by atoms with E-state index in [4.69, 9.17) is 0 Å². The molecule has 0 aliphatic heterocycles. The average Bonchev–Trinajstić information content (AvgIpc) is 2.73. The minimum Gasteiger partial charge on any atom is -0.481 e. The second kappa shape index (κ2) is 6.96. The molecule has 5 aliphatic carbocycles. The first-order chi connectivity index (χ1) is 14.9. The van der Waals surface area contributed by atoms with Gasteiger partial charge in [0, 0.05) is 5.92 Å². The summed E-state index contributed by atoms with van der Waals surface area (Å²) in [6.07, 6.45) is 12.6. The van der Waals surface area contributed by atoms with E-state index in [0.717, 1.165) is 38.5 Å². The van der Waals surface area contributed by atoms with Gasteiger partial charge in [0.1, 0.15) is 0 Å². The van der Waals surface area contributed by atoms with Crippen molar-refractivity contribution in [2.24, 2.45) is 51.2 Å².